The minimum Gasteiger partial charge on any atom is -0.467 e. The van der Waals surface area contributed by atoms with Crippen LogP contribution >= 0.6 is 0 Å². The van der Waals surface area contributed by atoms with Gasteiger partial charge in [-0.1, -0.05) is 13.8 Å². The number of rotatable bonds is 4. The third-order valence-corrected chi connectivity index (χ3v) is 2.67. The zero-order chi connectivity index (χ0) is 12.1. The van der Waals surface area contributed by atoms with Gasteiger partial charge in [0.25, 0.3) is 0 Å². The van der Waals surface area contributed by atoms with Gasteiger partial charge in [-0.05, 0) is 12.3 Å². The van der Waals surface area contributed by atoms with E-state index >= 15 is 0 Å². The van der Waals surface area contributed by atoms with Crippen LogP contribution in [0.5, 0.6) is 0 Å². The summed E-state index contributed by atoms with van der Waals surface area (Å²) >= 11 is 0. The van der Waals surface area contributed by atoms with Crippen molar-refractivity contribution in [2.24, 2.45) is 5.92 Å². The van der Waals surface area contributed by atoms with Crippen LogP contribution in [0.3, 0.4) is 0 Å². The van der Waals surface area contributed by atoms with Gasteiger partial charge in [-0.3, -0.25) is 4.79 Å². The summed E-state index contributed by atoms with van der Waals surface area (Å²) in [5, 5.41) is 2.99. The van der Waals surface area contributed by atoms with Crippen molar-refractivity contribution in [2.75, 3.05) is 26.7 Å². The summed E-state index contributed by atoms with van der Waals surface area (Å²) in [6, 6.07) is -0.431. The van der Waals surface area contributed by atoms with Crippen molar-refractivity contribution < 1.29 is 14.3 Å². The molecule has 1 aliphatic heterocycles. The van der Waals surface area contributed by atoms with Crippen molar-refractivity contribution in [1.29, 1.82) is 0 Å². The standard InChI is InChI=1S/C11H20N2O3/c1-8(2)6-9(11(15)16-3)13-5-4-12-7-10(13)14/h8-9,12H,4-7H2,1-3H3/t9-/m0/s1. The molecular weight excluding hydrogens is 208 g/mol. The molecule has 92 valence electrons. The van der Waals surface area contributed by atoms with Crippen LogP contribution in [0.4, 0.5) is 0 Å². The van der Waals surface area contributed by atoms with Crippen molar-refractivity contribution in [2.45, 2.75) is 26.3 Å². The largest absolute Gasteiger partial charge is 0.467 e. The maximum absolute atomic E-state index is 11.7. The maximum atomic E-state index is 11.7. The number of carbonyl (C=O) groups excluding carboxylic acids is 2. The molecule has 0 aromatic heterocycles. The molecule has 1 atom stereocenters. The molecule has 1 N–H and O–H groups in total. The summed E-state index contributed by atoms with van der Waals surface area (Å²) < 4.78 is 4.76. The zero-order valence-corrected chi connectivity index (χ0v) is 10.2. The van der Waals surface area contributed by atoms with Gasteiger partial charge in [-0.2, -0.15) is 0 Å². The van der Waals surface area contributed by atoms with E-state index < -0.39 is 6.04 Å². The van der Waals surface area contributed by atoms with Gasteiger partial charge in [0.15, 0.2) is 0 Å². The molecule has 0 spiro atoms. The monoisotopic (exact) mass is 228 g/mol. The lowest BCUT2D eigenvalue weighted by molar-refractivity contribution is -0.154. The summed E-state index contributed by atoms with van der Waals surface area (Å²) in [6.07, 6.45) is 0.651. The number of carbonyl (C=O) groups is 2. The number of piperazine rings is 1. The molecular formula is C11H20N2O3. The van der Waals surface area contributed by atoms with Gasteiger partial charge < -0.3 is 15.0 Å². The first kappa shape index (κ1) is 13.0. The predicted octanol–water partition coefficient (Wildman–Crippen LogP) is 0.00590. The molecule has 1 rings (SSSR count). The van der Waals surface area contributed by atoms with Crippen LogP contribution in [-0.4, -0.2) is 49.6 Å². The Hall–Kier alpha value is -1.10. The Morgan fingerprint density at radius 2 is 2.25 bits per heavy atom. The first-order valence-corrected chi connectivity index (χ1v) is 5.64. The highest BCUT2D eigenvalue weighted by Gasteiger charge is 2.32. The van der Waals surface area contributed by atoms with Gasteiger partial charge in [-0.15, -0.1) is 0 Å². The average molecular weight is 228 g/mol. The fourth-order valence-electron chi connectivity index (χ4n) is 1.88. The van der Waals surface area contributed by atoms with E-state index in [4.69, 9.17) is 4.74 Å². The van der Waals surface area contributed by atoms with Crippen molar-refractivity contribution in [3.63, 3.8) is 0 Å². The van der Waals surface area contributed by atoms with E-state index in [1.54, 1.807) is 4.90 Å². The van der Waals surface area contributed by atoms with E-state index in [-0.39, 0.29) is 11.9 Å². The van der Waals surface area contributed by atoms with E-state index in [1.807, 2.05) is 13.8 Å². The summed E-state index contributed by atoms with van der Waals surface area (Å²) in [5.41, 5.74) is 0. The third-order valence-electron chi connectivity index (χ3n) is 2.67. The Morgan fingerprint density at radius 1 is 1.56 bits per heavy atom. The molecule has 0 radical (unpaired) electrons. The molecule has 0 saturated carbocycles. The van der Waals surface area contributed by atoms with E-state index in [2.05, 4.69) is 5.32 Å². The third kappa shape index (κ3) is 3.20. The van der Waals surface area contributed by atoms with Crippen LogP contribution in [0.2, 0.25) is 0 Å². The fraction of sp³-hybridized carbons (Fsp3) is 0.818. The minimum absolute atomic E-state index is 0.0256. The second-order valence-electron chi connectivity index (χ2n) is 4.43. The van der Waals surface area contributed by atoms with Gasteiger partial charge in [0, 0.05) is 13.1 Å². The molecule has 0 aromatic carbocycles. The van der Waals surface area contributed by atoms with E-state index in [0.29, 0.717) is 25.4 Å². The van der Waals surface area contributed by atoms with Gasteiger partial charge in [-0.25, -0.2) is 4.79 Å². The summed E-state index contributed by atoms with van der Waals surface area (Å²) in [6.45, 7) is 5.68. The molecule has 0 aromatic rings. The molecule has 1 amide bonds. The van der Waals surface area contributed by atoms with Crippen molar-refractivity contribution in [3.8, 4) is 0 Å². The summed E-state index contributed by atoms with van der Waals surface area (Å²) in [4.78, 5) is 25.0. The first-order chi connectivity index (χ1) is 7.56. The van der Waals surface area contributed by atoms with Crippen LogP contribution in [-0.2, 0) is 14.3 Å². The molecule has 5 heteroatoms. The zero-order valence-electron chi connectivity index (χ0n) is 10.2. The number of esters is 1. The molecule has 1 heterocycles. The van der Waals surface area contributed by atoms with Gasteiger partial charge in [0.1, 0.15) is 6.04 Å². The van der Waals surface area contributed by atoms with Gasteiger partial charge in [0.05, 0.1) is 13.7 Å². The molecule has 1 saturated heterocycles. The van der Waals surface area contributed by atoms with Gasteiger partial charge >= 0.3 is 5.97 Å². The van der Waals surface area contributed by atoms with Crippen molar-refractivity contribution in [1.82, 2.24) is 10.2 Å². The van der Waals surface area contributed by atoms with Crippen LogP contribution < -0.4 is 5.32 Å². The second kappa shape index (κ2) is 5.84. The van der Waals surface area contributed by atoms with Crippen molar-refractivity contribution >= 4 is 11.9 Å². The number of hydrogen-bond acceptors (Lipinski definition) is 4. The van der Waals surface area contributed by atoms with Crippen molar-refractivity contribution in [3.05, 3.63) is 0 Å². The topological polar surface area (TPSA) is 58.6 Å². The minimum atomic E-state index is -0.431. The lowest BCUT2D eigenvalue weighted by Crippen LogP contribution is -2.55. The average Bonchev–Trinajstić information content (AvgIpc) is 2.26. The summed E-state index contributed by atoms with van der Waals surface area (Å²) in [7, 11) is 1.36. The predicted molar refractivity (Wildman–Crippen MR) is 59.8 cm³/mol. The van der Waals surface area contributed by atoms with E-state index in [0.717, 1.165) is 6.54 Å². The number of hydrogen-bond donors (Lipinski definition) is 1. The maximum Gasteiger partial charge on any atom is 0.328 e. The highest BCUT2D eigenvalue weighted by atomic mass is 16.5. The molecule has 16 heavy (non-hydrogen) atoms. The number of nitrogens with zero attached hydrogens (tertiary/aromatic N) is 1. The fourth-order valence-corrected chi connectivity index (χ4v) is 1.88. The first-order valence-electron chi connectivity index (χ1n) is 5.64. The van der Waals surface area contributed by atoms with E-state index in [9.17, 15) is 9.59 Å². The second-order valence-corrected chi connectivity index (χ2v) is 4.43. The molecule has 1 fully saturated rings. The highest BCUT2D eigenvalue weighted by Crippen LogP contribution is 2.14. The molecule has 0 unspecified atom stereocenters. The number of nitrogens with one attached hydrogen (secondary N) is 1. The van der Waals surface area contributed by atoms with E-state index in [1.165, 1.54) is 7.11 Å². The number of amides is 1. The quantitative estimate of drug-likeness (QED) is 0.688. The van der Waals surface area contributed by atoms with Crippen LogP contribution in [0.1, 0.15) is 20.3 Å². The Balaban J connectivity index is 2.73. The molecule has 0 aliphatic carbocycles. The normalized spacial score (nSPS) is 18.8. The molecule has 1 aliphatic rings. The van der Waals surface area contributed by atoms with Crippen LogP contribution in [0.25, 0.3) is 0 Å². The Morgan fingerprint density at radius 3 is 2.75 bits per heavy atom. The highest BCUT2D eigenvalue weighted by molar-refractivity contribution is 5.86. The summed E-state index contributed by atoms with van der Waals surface area (Å²) in [5.74, 6) is 0.0121. The Labute approximate surface area is 96.1 Å². The number of methoxy groups -OCH3 is 1. The molecule has 5 nitrogen and oxygen atoms in total. The Kier molecular flexibility index (Phi) is 4.73. The lowest BCUT2D eigenvalue weighted by Gasteiger charge is -2.34. The van der Waals surface area contributed by atoms with Crippen LogP contribution in [0, 0.1) is 5.92 Å². The van der Waals surface area contributed by atoms with Crippen LogP contribution in [0.15, 0.2) is 0 Å². The lowest BCUT2D eigenvalue weighted by atomic mass is 10.0. The molecule has 0 bridgehead atoms. The van der Waals surface area contributed by atoms with Gasteiger partial charge in [0.2, 0.25) is 5.91 Å². The number of ether oxygens (including phenoxy) is 1. The Bertz CT molecular complexity index is 266. The smallest absolute Gasteiger partial charge is 0.328 e. The SMILES string of the molecule is COC(=O)[C@H](CC(C)C)N1CCNCC1=O.